The van der Waals surface area contributed by atoms with Crippen LogP contribution in [0.3, 0.4) is 0 Å². The normalized spacial score (nSPS) is 11.6. The summed E-state index contributed by atoms with van der Waals surface area (Å²) in [5, 5.41) is 15.4. The topological polar surface area (TPSA) is 88.9 Å². The van der Waals surface area contributed by atoms with Crippen molar-refractivity contribution in [3.63, 3.8) is 0 Å². The fraction of sp³-hybridized carbons (Fsp3) is 0.250. The third-order valence-electron chi connectivity index (χ3n) is 4.89. The SMILES string of the molecule is C=CCn1c(SCC(=O)Nc2ccc(C)c(Cl)c2)nnc1[C@@H](C)NC(=O)c1ccc(C)cc1. The van der Waals surface area contributed by atoms with Gasteiger partial charge in [0.25, 0.3) is 5.91 Å². The molecule has 0 spiro atoms. The van der Waals surface area contributed by atoms with E-state index in [1.807, 2.05) is 43.5 Å². The number of carbonyl (C=O) groups excluding carboxylic acids is 2. The number of rotatable bonds is 9. The highest BCUT2D eigenvalue weighted by Gasteiger charge is 2.20. The molecule has 33 heavy (non-hydrogen) atoms. The zero-order valence-corrected chi connectivity index (χ0v) is 20.3. The van der Waals surface area contributed by atoms with Crippen molar-refractivity contribution in [1.29, 1.82) is 0 Å². The monoisotopic (exact) mass is 483 g/mol. The maximum atomic E-state index is 12.6. The molecular weight excluding hydrogens is 458 g/mol. The summed E-state index contributed by atoms with van der Waals surface area (Å²) in [5.74, 6) is 0.352. The first kappa shape index (κ1) is 24.5. The Balaban J connectivity index is 1.65. The molecule has 1 aromatic heterocycles. The molecule has 1 atom stereocenters. The number of nitrogens with zero attached hydrogens (tertiary/aromatic N) is 3. The van der Waals surface area contributed by atoms with Crippen LogP contribution in [-0.2, 0) is 11.3 Å². The van der Waals surface area contributed by atoms with E-state index in [0.29, 0.717) is 33.8 Å². The Morgan fingerprint density at radius 2 is 1.91 bits per heavy atom. The highest BCUT2D eigenvalue weighted by molar-refractivity contribution is 7.99. The number of benzene rings is 2. The van der Waals surface area contributed by atoms with E-state index in [4.69, 9.17) is 11.6 Å². The van der Waals surface area contributed by atoms with Gasteiger partial charge in [0.2, 0.25) is 5.91 Å². The van der Waals surface area contributed by atoms with Gasteiger partial charge in [0.1, 0.15) is 0 Å². The van der Waals surface area contributed by atoms with Gasteiger partial charge in [-0.25, -0.2) is 0 Å². The molecule has 172 valence electrons. The Morgan fingerprint density at radius 3 is 2.58 bits per heavy atom. The number of aromatic nitrogens is 3. The number of anilines is 1. The van der Waals surface area contributed by atoms with E-state index in [1.165, 1.54) is 11.8 Å². The minimum Gasteiger partial charge on any atom is -0.342 e. The van der Waals surface area contributed by atoms with Crippen molar-refractivity contribution in [1.82, 2.24) is 20.1 Å². The maximum absolute atomic E-state index is 12.6. The van der Waals surface area contributed by atoms with Crippen molar-refractivity contribution in [2.24, 2.45) is 0 Å². The summed E-state index contributed by atoms with van der Waals surface area (Å²) in [6.07, 6.45) is 1.72. The van der Waals surface area contributed by atoms with E-state index < -0.39 is 0 Å². The van der Waals surface area contributed by atoms with Crippen LogP contribution < -0.4 is 10.6 Å². The van der Waals surface area contributed by atoms with Gasteiger partial charge in [-0.15, -0.1) is 16.8 Å². The lowest BCUT2D eigenvalue weighted by atomic mass is 10.1. The molecule has 7 nitrogen and oxygen atoms in total. The first-order valence-electron chi connectivity index (χ1n) is 10.4. The Morgan fingerprint density at radius 1 is 1.18 bits per heavy atom. The van der Waals surface area contributed by atoms with Crippen molar-refractivity contribution in [3.05, 3.63) is 82.7 Å². The molecule has 0 bridgehead atoms. The van der Waals surface area contributed by atoms with Crippen molar-refractivity contribution < 1.29 is 9.59 Å². The number of nitrogens with one attached hydrogen (secondary N) is 2. The van der Waals surface area contributed by atoms with Gasteiger partial charge in [-0.2, -0.15) is 0 Å². The molecule has 0 unspecified atom stereocenters. The van der Waals surface area contributed by atoms with Crippen molar-refractivity contribution in [3.8, 4) is 0 Å². The first-order chi connectivity index (χ1) is 15.8. The average Bonchev–Trinajstić information content (AvgIpc) is 3.18. The van der Waals surface area contributed by atoms with Crippen LogP contribution in [0.5, 0.6) is 0 Å². The lowest BCUT2D eigenvalue weighted by molar-refractivity contribution is -0.113. The Hall–Kier alpha value is -3.10. The van der Waals surface area contributed by atoms with E-state index in [9.17, 15) is 9.59 Å². The van der Waals surface area contributed by atoms with Crippen LogP contribution in [0, 0.1) is 13.8 Å². The summed E-state index contributed by atoms with van der Waals surface area (Å²) in [6, 6.07) is 12.3. The molecule has 1 heterocycles. The summed E-state index contributed by atoms with van der Waals surface area (Å²) < 4.78 is 1.84. The Labute approximate surface area is 202 Å². The van der Waals surface area contributed by atoms with Crippen LogP contribution in [0.2, 0.25) is 5.02 Å². The van der Waals surface area contributed by atoms with Gasteiger partial charge in [0.15, 0.2) is 11.0 Å². The largest absolute Gasteiger partial charge is 0.342 e. The van der Waals surface area contributed by atoms with Crippen LogP contribution in [0.25, 0.3) is 0 Å². The molecule has 0 aliphatic heterocycles. The Kier molecular flexibility index (Phi) is 8.30. The molecule has 0 aliphatic carbocycles. The maximum Gasteiger partial charge on any atom is 0.251 e. The molecule has 0 saturated heterocycles. The molecule has 0 saturated carbocycles. The van der Waals surface area contributed by atoms with Gasteiger partial charge in [-0.1, -0.05) is 53.2 Å². The number of allylic oxidation sites excluding steroid dienone is 1. The number of halogens is 1. The molecule has 0 radical (unpaired) electrons. The van der Waals surface area contributed by atoms with Gasteiger partial charge in [0.05, 0.1) is 11.8 Å². The molecule has 3 rings (SSSR count). The number of hydrogen-bond donors (Lipinski definition) is 2. The third-order valence-corrected chi connectivity index (χ3v) is 6.27. The van der Waals surface area contributed by atoms with Crippen LogP contribution in [0.15, 0.2) is 60.3 Å². The quantitative estimate of drug-likeness (QED) is 0.332. The van der Waals surface area contributed by atoms with Gasteiger partial charge in [-0.05, 0) is 50.6 Å². The van der Waals surface area contributed by atoms with Crippen LogP contribution in [0.1, 0.15) is 40.3 Å². The summed E-state index contributed by atoms with van der Waals surface area (Å²) in [4.78, 5) is 25.0. The van der Waals surface area contributed by atoms with Gasteiger partial charge >= 0.3 is 0 Å². The van der Waals surface area contributed by atoms with Gasteiger partial charge < -0.3 is 15.2 Å². The molecule has 2 N–H and O–H groups in total. The van der Waals surface area contributed by atoms with Crippen LogP contribution in [0.4, 0.5) is 5.69 Å². The molecule has 2 aromatic carbocycles. The third kappa shape index (κ3) is 6.46. The lowest BCUT2D eigenvalue weighted by Gasteiger charge is -2.15. The van der Waals surface area contributed by atoms with E-state index >= 15 is 0 Å². The number of hydrogen-bond acceptors (Lipinski definition) is 5. The number of amides is 2. The van der Waals surface area contributed by atoms with E-state index in [0.717, 1.165) is 11.1 Å². The second-order valence-corrected chi connectivity index (χ2v) is 8.95. The minimum absolute atomic E-state index is 0.144. The highest BCUT2D eigenvalue weighted by atomic mass is 35.5. The number of carbonyl (C=O) groups is 2. The second-order valence-electron chi connectivity index (χ2n) is 7.60. The smallest absolute Gasteiger partial charge is 0.251 e. The van der Waals surface area contributed by atoms with Crippen LogP contribution >= 0.6 is 23.4 Å². The molecular formula is C24H26ClN5O2S. The summed E-state index contributed by atoms with van der Waals surface area (Å²) in [5.41, 5.74) is 3.24. The van der Waals surface area contributed by atoms with Crippen LogP contribution in [-0.4, -0.2) is 32.3 Å². The molecule has 0 aliphatic rings. The van der Waals surface area contributed by atoms with Crippen molar-refractivity contribution in [2.45, 2.75) is 38.5 Å². The molecule has 2 amide bonds. The molecule has 3 aromatic rings. The fourth-order valence-corrected chi connectivity index (χ4v) is 4.01. The summed E-state index contributed by atoms with van der Waals surface area (Å²) in [6.45, 7) is 9.96. The first-order valence-corrected chi connectivity index (χ1v) is 11.7. The van der Waals surface area contributed by atoms with Crippen molar-refractivity contribution in [2.75, 3.05) is 11.1 Å². The minimum atomic E-state index is -0.385. The van der Waals surface area contributed by atoms with E-state index in [-0.39, 0.29) is 23.6 Å². The lowest BCUT2D eigenvalue weighted by Crippen LogP contribution is -2.28. The Bertz CT molecular complexity index is 1160. The van der Waals surface area contributed by atoms with Gasteiger partial charge in [-0.3, -0.25) is 9.59 Å². The second kappa shape index (κ2) is 11.2. The summed E-state index contributed by atoms with van der Waals surface area (Å²) in [7, 11) is 0. The fourth-order valence-electron chi connectivity index (χ4n) is 3.08. The predicted octanol–water partition coefficient (Wildman–Crippen LogP) is 4.96. The highest BCUT2D eigenvalue weighted by Crippen LogP contribution is 2.23. The van der Waals surface area contributed by atoms with E-state index in [2.05, 4.69) is 27.4 Å². The predicted molar refractivity (Wildman–Crippen MR) is 133 cm³/mol. The standard InChI is InChI=1S/C24H26ClN5O2S/c1-5-12-30-22(17(4)26-23(32)18-9-6-15(2)7-10-18)28-29-24(30)33-14-21(31)27-19-11-8-16(3)20(25)13-19/h5-11,13,17H,1,12,14H2,2-4H3,(H,26,32)(H,27,31)/t17-/m1/s1. The molecule has 9 heteroatoms. The zero-order chi connectivity index (χ0) is 24.0. The average molecular weight is 484 g/mol. The zero-order valence-electron chi connectivity index (χ0n) is 18.8. The van der Waals surface area contributed by atoms with Gasteiger partial charge in [0, 0.05) is 22.8 Å². The number of thioether (sulfide) groups is 1. The summed E-state index contributed by atoms with van der Waals surface area (Å²) >= 11 is 7.38. The van der Waals surface area contributed by atoms with E-state index in [1.54, 1.807) is 30.3 Å². The van der Waals surface area contributed by atoms with Crippen molar-refractivity contribution >= 4 is 40.9 Å². The molecule has 0 fully saturated rings. The number of aryl methyl sites for hydroxylation is 2.